The lowest BCUT2D eigenvalue weighted by Gasteiger charge is -2.29. The molecule has 17 heavy (non-hydrogen) atoms. The molecule has 0 aromatic heterocycles. The molecule has 0 amide bonds. The number of piperidine rings is 1. The lowest BCUT2D eigenvalue weighted by atomic mass is 9.85. The van der Waals surface area contributed by atoms with Crippen LogP contribution in [0.1, 0.15) is 42.7 Å². The van der Waals surface area contributed by atoms with Crippen molar-refractivity contribution in [1.82, 2.24) is 5.32 Å². The molecule has 3 atom stereocenters. The first-order chi connectivity index (χ1) is 8.26. The van der Waals surface area contributed by atoms with E-state index in [1.165, 1.54) is 36.8 Å². The molecule has 92 valence electrons. The van der Waals surface area contributed by atoms with E-state index >= 15 is 0 Å². The van der Waals surface area contributed by atoms with Gasteiger partial charge < -0.3 is 10.1 Å². The highest BCUT2D eigenvalue weighted by molar-refractivity contribution is 5.38. The lowest BCUT2D eigenvalue weighted by molar-refractivity contribution is 0.362. The van der Waals surface area contributed by atoms with Crippen molar-refractivity contribution < 1.29 is 4.74 Å². The first-order valence-corrected chi connectivity index (χ1v) is 6.67. The molecule has 2 aliphatic heterocycles. The zero-order valence-electron chi connectivity index (χ0n) is 10.7. The Morgan fingerprint density at radius 1 is 1.18 bits per heavy atom. The zero-order chi connectivity index (χ0) is 11.8. The molecule has 1 N–H and O–H groups in total. The summed E-state index contributed by atoms with van der Waals surface area (Å²) in [5.74, 6) is 1.75. The van der Waals surface area contributed by atoms with Crippen LogP contribution in [0.4, 0.5) is 0 Å². The first-order valence-electron chi connectivity index (χ1n) is 6.67. The summed E-state index contributed by atoms with van der Waals surface area (Å²) in [7, 11) is 1.74. The molecule has 1 aromatic rings. The topological polar surface area (TPSA) is 21.3 Å². The largest absolute Gasteiger partial charge is 0.496 e. The number of rotatable bonds is 2. The van der Waals surface area contributed by atoms with Gasteiger partial charge in [0.1, 0.15) is 5.75 Å². The van der Waals surface area contributed by atoms with Gasteiger partial charge in [0.15, 0.2) is 0 Å². The highest BCUT2D eigenvalue weighted by Gasteiger charge is 2.33. The van der Waals surface area contributed by atoms with E-state index in [4.69, 9.17) is 4.74 Å². The third-order valence-electron chi connectivity index (χ3n) is 4.36. The van der Waals surface area contributed by atoms with Crippen LogP contribution in [0.15, 0.2) is 18.2 Å². The maximum atomic E-state index is 5.33. The fourth-order valence-corrected chi connectivity index (χ4v) is 3.48. The molecule has 2 saturated heterocycles. The monoisotopic (exact) mass is 231 g/mol. The van der Waals surface area contributed by atoms with Gasteiger partial charge in [-0.2, -0.15) is 0 Å². The predicted octanol–water partition coefficient (Wildman–Crippen LogP) is 3.00. The van der Waals surface area contributed by atoms with E-state index in [1.807, 2.05) is 0 Å². The van der Waals surface area contributed by atoms with E-state index in [-0.39, 0.29) is 0 Å². The van der Waals surface area contributed by atoms with Gasteiger partial charge in [0.05, 0.1) is 7.11 Å². The summed E-state index contributed by atoms with van der Waals surface area (Å²) in [5.41, 5.74) is 2.76. The Labute approximate surface area is 103 Å². The molecular formula is C15H21NO. The van der Waals surface area contributed by atoms with Crippen LogP contribution < -0.4 is 10.1 Å². The van der Waals surface area contributed by atoms with E-state index in [9.17, 15) is 0 Å². The molecular weight excluding hydrogens is 210 g/mol. The molecule has 0 aliphatic carbocycles. The van der Waals surface area contributed by atoms with Gasteiger partial charge in [0.2, 0.25) is 0 Å². The molecule has 0 saturated carbocycles. The van der Waals surface area contributed by atoms with E-state index in [0.29, 0.717) is 0 Å². The van der Waals surface area contributed by atoms with E-state index in [2.05, 4.69) is 30.4 Å². The normalized spacial score (nSPS) is 31.5. The molecule has 2 fully saturated rings. The molecule has 2 heterocycles. The van der Waals surface area contributed by atoms with Crippen LogP contribution in [0.3, 0.4) is 0 Å². The molecule has 2 bridgehead atoms. The molecule has 2 nitrogen and oxygen atoms in total. The SMILES string of the molecule is COc1ccc(C2C[C@H]3CC[C@@H](C2)N3)cc1C. The summed E-state index contributed by atoms with van der Waals surface area (Å²) in [6, 6.07) is 8.21. The van der Waals surface area contributed by atoms with Crippen molar-refractivity contribution in [3.05, 3.63) is 29.3 Å². The minimum absolute atomic E-state index is 0.748. The number of nitrogens with one attached hydrogen (secondary N) is 1. The Morgan fingerprint density at radius 2 is 1.88 bits per heavy atom. The van der Waals surface area contributed by atoms with Crippen LogP contribution in [0.2, 0.25) is 0 Å². The maximum Gasteiger partial charge on any atom is 0.121 e. The Balaban J connectivity index is 1.82. The van der Waals surface area contributed by atoms with Crippen LogP contribution in [-0.4, -0.2) is 19.2 Å². The Morgan fingerprint density at radius 3 is 2.47 bits per heavy atom. The maximum absolute atomic E-state index is 5.33. The quantitative estimate of drug-likeness (QED) is 0.845. The smallest absolute Gasteiger partial charge is 0.121 e. The molecule has 2 heteroatoms. The van der Waals surface area contributed by atoms with Crippen molar-refractivity contribution >= 4 is 0 Å². The summed E-state index contributed by atoms with van der Waals surface area (Å²) < 4.78 is 5.33. The summed E-state index contributed by atoms with van der Waals surface area (Å²) in [6.07, 6.45) is 5.36. The third-order valence-corrected chi connectivity index (χ3v) is 4.36. The number of hydrogen-bond donors (Lipinski definition) is 1. The minimum atomic E-state index is 0.748. The summed E-state index contributed by atoms with van der Waals surface area (Å²) in [4.78, 5) is 0. The zero-order valence-corrected chi connectivity index (χ0v) is 10.7. The van der Waals surface area contributed by atoms with Crippen LogP contribution in [0.5, 0.6) is 5.75 Å². The van der Waals surface area contributed by atoms with Gasteiger partial charge in [-0.1, -0.05) is 12.1 Å². The van der Waals surface area contributed by atoms with Gasteiger partial charge in [0.25, 0.3) is 0 Å². The average Bonchev–Trinajstić information content (AvgIpc) is 2.68. The number of methoxy groups -OCH3 is 1. The van der Waals surface area contributed by atoms with Gasteiger partial charge >= 0.3 is 0 Å². The summed E-state index contributed by atoms with van der Waals surface area (Å²) in [5, 5.41) is 3.70. The second-order valence-electron chi connectivity index (χ2n) is 5.54. The van der Waals surface area contributed by atoms with Crippen LogP contribution in [-0.2, 0) is 0 Å². The molecule has 0 radical (unpaired) electrons. The van der Waals surface area contributed by atoms with Gasteiger partial charge in [0, 0.05) is 12.1 Å². The predicted molar refractivity (Wildman–Crippen MR) is 69.7 cm³/mol. The van der Waals surface area contributed by atoms with Crippen molar-refractivity contribution in [3.63, 3.8) is 0 Å². The molecule has 3 rings (SSSR count). The minimum Gasteiger partial charge on any atom is -0.496 e. The number of ether oxygens (including phenoxy) is 1. The highest BCUT2D eigenvalue weighted by atomic mass is 16.5. The number of aryl methyl sites for hydroxylation is 1. The van der Waals surface area contributed by atoms with Crippen LogP contribution >= 0.6 is 0 Å². The van der Waals surface area contributed by atoms with Crippen LogP contribution in [0, 0.1) is 6.92 Å². The van der Waals surface area contributed by atoms with E-state index < -0.39 is 0 Å². The van der Waals surface area contributed by atoms with Gasteiger partial charge in [-0.05, 0) is 55.7 Å². The summed E-state index contributed by atoms with van der Waals surface area (Å²) >= 11 is 0. The second-order valence-corrected chi connectivity index (χ2v) is 5.54. The molecule has 1 unspecified atom stereocenters. The van der Waals surface area contributed by atoms with Crippen molar-refractivity contribution in [3.8, 4) is 5.75 Å². The Bertz CT molecular complexity index is 403. The molecule has 2 aliphatic rings. The Hall–Kier alpha value is -1.02. The average molecular weight is 231 g/mol. The molecule has 1 aromatic carbocycles. The molecule has 0 spiro atoms. The lowest BCUT2D eigenvalue weighted by Crippen LogP contribution is -2.37. The fourth-order valence-electron chi connectivity index (χ4n) is 3.48. The van der Waals surface area contributed by atoms with Gasteiger partial charge in [-0.15, -0.1) is 0 Å². The standard InChI is InChI=1S/C15H21NO/c1-10-7-11(3-6-15(10)17-2)12-8-13-4-5-14(9-12)16-13/h3,6-7,12-14,16H,4-5,8-9H2,1-2H3/t12?,13-,14+. The second kappa shape index (κ2) is 4.34. The van der Waals surface area contributed by atoms with E-state index in [1.54, 1.807) is 7.11 Å². The highest BCUT2D eigenvalue weighted by Crippen LogP contribution is 2.38. The number of hydrogen-bond acceptors (Lipinski definition) is 2. The van der Waals surface area contributed by atoms with Crippen molar-refractivity contribution in [1.29, 1.82) is 0 Å². The van der Waals surface area contributed by atoms with Gasteiger partial charge in [-0.3, -0.25) is 0 Å². The Kier molecular flexibility index (Phi) is 2.83. The van der Waals surface area contributed by atoms with Crippen molar-refractivity contribution in [2.75, 3.05) is 7.11 Å². The fraction of sp³-hybridized carbons (Fsp3) is 0.600. The third kappa shape index (κ3) is 2.06. The van der Waals surface area contributed by atoms with Crippen molar-refractivity contribution in [2.24, 2.45) is 0 Å². The first kappa shape index (κ1) is 11.1. The van der Waals surface area contributed by atoms with Gasteiger partial charge in [-0.25, -0.2) is 0 Å². The van der Waals surface area contributed by atoms with E-state index in [0.717, 1.165) is 23.8 Å². The summed E-state index contributed by atoms with van der Waals surface area (Å²) in [6.45, 7) is 2.14. The van der Waals surface area contributed by atoms with Crippen molar-refractivity contribution in [2.45, 2.75) is 50.6 Å². The van der Waals surface area contributed by atoms with Crippen LogP contribution in [0.25, 0.3) is 0 Å². The number of benzene rings is 1. The number of fused-ring (bicyclic) bond motifs is 2.